The van der Waals surface area contributed by atoms with Gasteiger partial charge in [0.25, 0.3) is 5.56 Å². The molecule has 6 nitrogen and oxygen atoms in total. The highest BCUT2D eigenvalue weighted by Crippen LogP contribution is 2.14. The summed E-state index contributed by atoms with van der Waals surface area (Å²) >= 11 is 1.26. The molecule has 0 bridgehead atoms. The van der Waals surface area contributed by atoms with Crippen LogP contribution in [0.15, 0.2) is 51.4 Å². The number of thiophene rings is 1. The van der Waals surface area contributed by atoms with E-state index < -0.39 is 5.69 Å². The maximum atomic E-state index is 12.3. The van der Waals surface area contributed by atoms with Gasteiger partial charge in [0.2, 0.25) is 5.91 Å². The molecule has 0 saturated heterocycles. The predicted molar refractivity (Wildman–Crippen MR) is 89.6 cm³/mol. The van der Waals surface area contributed by atoms with Crippen LogP contribution in [-0.2, 0) is 24.9 Å². The minimum atomic E-state index is -0.490. The molecule has 7 heteroatoms. The van der Waals surface area contributed by atoms with Gasteiger partial charge >= 0.3 is 5.69 Å². The zero-order valence-electron chi connectivity index (χ0n) is 12.5. The standard InChI is InChI=1S/C16H15N3O3S/c1-18-15(21)14-12(7-8-23-14)19(16(18)22)10-13(20)17-9-11-5-3-2-4-6-11/h2-8H,9-10H2,1H3,(H,17,20). The quantitative estimate of drug-likeness (QED) is 0.778. The molecule has 0 aliphatic rings. The number of carbonyl (C=O) groups is 1. The van der Waals surface area contributed by atoms with Crippen LogP contribution in [0.5, 0.6) is 0 Å². The Kier molecular flexibility index (Phi) is 4.12. The van der Waals surface area contributed by atoms with Crippen molar-refractivity contribution < 1.29 is 4.79 Å². The lowest BCUT2D eigenvalue weighted by atomic mass is 10.2. The van der Waals surface area contributed by atoms with E-state index in [0.29, 0.717) is 16.8 Å². The van der Waals surface area contributed by atoms with Crippen LogP contribution >= 0.6 is 11.3 Å². The Labute approximate surface area is 135 Å². The molecular formula is C16H15N3O3S. The number of hydrogen-bond acceptors (Lipinski definition) is 4. The Morgan fingerprint density at radius 3 is 2.65 bits per heavy atom. The Morgan fingerprint density at radius 2 is 1.91 bits per heavy atom. The number of rotatable bonds is 4. The largest absolute Gasteiger partial charge is 0.350 e. The van der Waals surface area contributed by atoms with Gasteiger partial charge in [-0.15, -0.1) is 11.3 Å². The number of carbonyl (C=O) groups excluding carboxylic acids is 1. The molecule has 0 unspecified atom stereocenters. The molecule has 3 aromatic rings. The average molecular weight is 329 g/mol. The molecule has 1 aromatic carbocycles. The highest BCUT2D eigenvalue weighted by Gasteiger charge is 2.14. The van der Waals surface area contributed by atoms with E-state index in [1.807, 2.05) is 30.3 Å². The van der Waals surface area contributed by atoms with Crippen LogP contribution in [0, 0.1) is 0 Å². The van der Waals surface area contributed by atoms with Crippen molar-refractivity contribution in [2.75, 3.05) is 0 Å². The summed E-state index contributed by atoms with van der Waals surface area (Å²) < 4.78 is 2.83. The van der Waals surface area contributed by atoms with E-state index in [2.05, 4.69) is 5.32 Å². The summed E-state index contributed by atoms with van der Waals surface area (Å²) in [5, 5.41) is 4.52. The number of aromatic nitrogens is 2. The SMILES string of the molecule is Cn1c(=O)c2sccc2n(CC(=O)NCc2ccccc2)c1=O. The molecule has 118 valence electrons. The van der Waals surface area contributed by atoms with Crippen molar-refractivity contribution in [3.05, 3.63) is 68.2 Å². The zero-order valence-corrected chi connectivity index (χ0v) is 13.3. The Hall–Kier alpha value is -2.67. The fourth-order valence-electron chi connectivity index (χ4n) is 2.35. The van der Waals surface area contributed by atoms with E-state index in [1.54, 1.807) is 11.4 Å². The second kappa shape index (κ2) is 6.21. The summed E-state index contributed by atoms with van der Waals surface area (Å²) in [4.78, 5) is 36.4. The maximum Gasteiger partial charge on any atom is 0.331 e. The normalized spacial score (nSPS) is 10.8. The van der Waals surface area contributed by atoms with E-state index in [1.165, 1.54) is 23.0 Å². The second-order valence-corrected chi connectivity index (χ2v) is 6.05. The summed E-state index contributed by atoms with van der Waals surface area (Å²) in [6, 6.07) is 11.2. The van der Waals surface area contributed by atoms with Crippen molar-refractivity contribution in [1.29, 1.82) is 0 Å². The lowest BCUT2D eigenvalue weighted by Crippen LogP contribution is -2.40. The molecule has 3 rings (SSSR count). The number of amides is 1. The maximum absolute atomic E-state index is 12.3. The first-order valence-electron chi connectivity index (χ1n) is 7.05. The van der Waals surface area contributed by atoms with E-state index in [0.717, 1.165) is 10.1 Å². The molecule has 1 N–H and O–H groups in total. The summed E-state index contributed by atoms with van der Waals surface area (Å²) in [5.74, 6) is -0.276. The van der Waals surface area contributed by atoms with Crippen molar-refractivity contribution in [2.24, 2.45) is 7.05 Å². The molecule has 0 aliphatic heterocycles. The molecule has 0 aliphatic carbocycles. The molecule has 23 heavy (non-hydrogen) atoms. The summed E-state index contributed by atoms with van der Waals surface area (Å²) in [7, 11) is 1.42. The number of hydrogen-bond donors (Lipinski definition) is 1. The molecule has 1 amide bonds. The van der Waals surface area contributed by atoms with Gasteiger partial charge in [-0.3, -0.25) is 18.7 Å². The van der Waals surface area contributed by atoms with E-state index in [-0.39, 0.29) is 18.0 Å². The van der Waals surface area contributed by atoms with E-state index in [4.69, 9.17) is 0 Å². The predicted octanol–water partition coefficient (Wildman–Crippen LogP) is 1.08. The van der Waals surface area contributed by atoms with Crippen molar-refractivity contribution in [3.8, 4) is 0 Å². The zero-order chi connectivity index (χ0) is 16.4. The monoisotopic (exact) mass is 329 g/mol. The van der Waals surface area contributed by atoms with Crippen molar-refractivity contribution >= 4 is 27.5 Å². The molecule has 0 saturated carbocycles. The highest BCUT2D eigenvalue weighted by molar-refractivity contribution is 7.17. The lowest BCUT2D eigenvalue weighted by Gasteiger charge is -2.10. The number of fused-ring (bicyclic) bond motifs is 1. The van der Waals surface area contributed by atoms with Crippen LogP contribution in [0.3, 0.4) is 0 Å². The number of nitrogens with one attached hydrogen (secondary N) is 1. The molecule has 0 fully saturated rings. The molecule has 0 spiro atoms. The third kappa shape index (κ3) is 2.95. The Balaban J connectivity index is 1.84. The fraction of sp³-hybridized carbons (Fsp3) is 0.188. The van der Waals surface area contributed by atoms with Gasteiger partial charge in [-0.05, 0) is 17.0 Å². The van der Waals surface area contributed by atoms with Gasteiger partial charge in [0.05, 0.1) is 5.52 Å². The van der Waals surface area contributed by atoms with Crippen molar-refractivity contribution in [3.63, 3.8) is 0 Å². The summed E-state index contributed by atoms with van der Waals surface area (Å²) in [5.41, 5.74) is 0.656. The topological polar surface area (TPSA) is 73.1 Å². The first-order chi connectivity index (χ1) is 11.1. The van der Waals surface area contributed by atoms with Crippen LogP contribution in [0.25, 0.3) is 10.2 Å². The van der Waals surface area contributed by atoms with Gasteiger partial charge in [0, 0.05) is 13.6 Å². The summed E-state index contributed by atoms with van der Waals surface area (Å²) in [6.45, 7) is 0.278. The first-order valence-corrected chi connectivity index (χ1v) is 7.93. The minimum absolute atomic E-state index is 0.118. The van der Waals surface area contributed by atoms with E-state index >= 15 is 0 Å². The Morgan fingerprint density at radius 1 is 1.17 bits per heavy atom. The average Bonchev–Trinajstić information content (AvgIpc) is 3.05. The molecular weight excluding hydrogens is 314 g/mol. The third-order valence-corrected chi connectivity index (χ3v) is 4.48. The van der Waals surface area contributed by atoms with Gasteiger partial charge in [0.1, 0.15) is 11.2 Å². The van der Waals surface area contributed by atoms with Gasteiger partial charge in [-0.2, -0.15) is 0 Å². The van der Waals surface area contributed by atoms with Crippen molar-refractivity contribution in [2.45, 2.75) is 13.1 Å². The summed E-state index contributed by atoms with van der Waals surface area (Å²) in [6.07, 6.45) is 0. The number of nitrogens with zero attached hydrogens (tertiary/aromatic N) is 2. The second-order valence-electron chi connectivity index (χ2n) is 5.13. The molecule has 0 radical (unpaired) electrons. The van der Waals surface area contributed by atoms with Gasteiger partial charge in [-0.1, -0.05) is 30.3 Å². The minimum Gasteiger partial charge on any atom is -0.350 e. The van der Waals surface area contributed by atoms with Gasteiger partial charge in [0.15, 0.2) is 0 Å². The van der Waals surface area contributed by atoms with Crippen LogP contribution < -0.4 is 16.6 Å². The van der Waals surface area contributed by atoms with Crippen LogP contribution in [0.4, 0.5) is 0 Å². The number of benzene rings is 1. The molecule has 2 aromatic heterocycles. The van der Waals surface area contributed by atoms with Gasteiger partial charge < -0.3 is 5.32 Å². The molecule has 2 heterocycles. The van der Waals surface area contributed by atoms with Crippen LogP contribution in [0.1, 0.15) is 5.56 Å². The Bertz CT molecular complexity index is 970. The van der Waals surface area contributed by atoms with Gasteiger partial charge in [-0.25, -0.2) is 4.79 Å². The highest BCUT2D eigenvalue weighted by atomic mass is 32.1. The smallest absolute Gasteiger partial charge is 0.331 e. The molecule has 0 atom stereocenters. The first kappa shape index (κ1) is 15.2. The van der Waals surface area contributed by atoms with Crippen molar-refractivity contribution in [1.82, 2.24) is 14.5 Å². The van der Waals surface area contributed by atoms with Crippen LogP contribution in [0.2, 0.25) is 0 Å². The van der Waals surface area contributed by atoms with Crippen LogP contribution in [-0.4, -0.2) is 15.0 Å². The van der Waals surface area contributed by atoms with E-state index in [9.17, 15) is 14.4 Å². The third-order valence-electron chi connectivity index (χ3n) is 3.59. The lowest BCUT2D eigenvalue weighted by molar-refractivity contribution is -0.121. The fourth-order valence-corrected chi connectivity index (χ4v) is 3.22.